The van der Waals surface area contributed by atoms with Gasteiger partial charge in [0.15, 0.2) is 11.5 Å². The molecule has 7 rings (SSSR count). The molecule has 4 amide bonds. The summed E-state index contributed by atoms with van der Waals surface area (Å²) in [4.78, 5) is 58.8. The van der Waals surface area contributed by atoms with Crippen molar-refractivity contribution in [1.29, 1.82) is 0 Å². The molecule has 16 heteroatoms. The number of carbonyl (C=O) groups excluding carboxylic acids is 3. The predicted octanol–water partition coefficient (Wildman–Crippen LogP) is 2.33. The van der Waals surface area contributed by atoms with E-state index in [-0.39, 0.29) is 61.3 Å². The number of carbonyl (C=O) groups is 3. The minimum atomic E-state index is -1.24. The number of aliphatic hydroxyl groups excluding tert-OH is 2. The van der Waals surface area contributed by atoms with Crippen molar-refractivity contribution in [2.24, 2.45) is 0 Å². The first-order chi connectivity index (χ1) is 27.3. The Labute approximate surface area is 324 Å². The summed E-state index contributed by atoms with van der Waals surface area (Å²) in [6, 6.07) is 24.1. The van der Waals surface area contributed by atoms with E-state index in [1.165, 1.54) is 6.33 Å². The van der Waals surface area contributed by atoms with Gasteiger partial charge in [0, 0.05) is 57.3 Å². The summed E-state index contributed by atoms with van der Waals surface area (Å²) in [5, 5.41) is 36.8. The summed E-state index contributed by atoms with van der Waals surface area (Å²) in [6.45, 7) is 3.82. The molecule has 2 fully saturated rings. The Morgan fingerprint density at radius 2 is 1.57 bits per heavy atom. The van der Waals surface area contributed by atoms with Crippen LogP contribution in [0.3, 0.4) is 0 Å². The number of fused-ring (bicyclic) bond motifs is 1. The van der Waals surface area contributed by atoms with Crippen LogP contribution in [0.5, 0.6) is 0 Å². The minimum absolute atomic E-state index is 0.0384. The van der Waals surface area contributed by atoms with Crippen LogP contribution in [0, 0.1) is 0 Å². The Hall–Kier alpha value is -6.13. The normalized spacial score (nSPS) is 20.6. The average molecular weight is 762 g/mol. The Kier molecular flexibility index (Phi) is 12.0. The zero-order valence-electron chi connectivity index (χ0n) is 31.1. The zero-order valence-corrected chi connectivity index (χ0v) is 31.1. The lowest BCUT2D eigenvalue weighted by atomic mass is 9.91. The molecule has 1 saturated heterocycles. The van der Waals surface area contributed by atoms with Crippen LogP contribution in [0.15, 0.2) is 91.4 Å². The highest BCUT2D eigenvalue weighted by Gasteiger charge is 2.44. The van der Waals surface area contributed by atoms with E-state index >= 15 is 0 Å². The second-order valence-corrected chi connectivity index (χ2v) is 14.1. The van der Waals surface area contributed by atoms with Gasteiger partial charge in [0.1, 0.15) is 23.5 Å². The van der Waals surface area contributed by atoms with Gasteiger partial charge in [-0.05, 0) is 36.1 Å². The molecule has 1 unspecified atom stereocenters. The number of hydrogen-bond donors (Lipinski definition) is 7. The smallest absolute Gasteiger partial charge is 0.315 e. The van der Waals surface area contributed by atoms with Gasteiger partial charge < -0.3 is 46.3 Å². The summed E-state index contributed by atoms with van der Waals surface area (Å²) < 4.78 is 1.63. The number of nitrogens with zero attached hydrogens (tertiary/aromatic N) is 6. The molecule has 56 heavy (non-hydrogen) atoms. The lowest BCUT2D eigenvalue weighted by Crippen LogP contribution is -2.45. The zero-order chi connectivity index (χ0) is 39.0. The molecule has 2 aliphatic rings. The van der Waals surface area contributed by atoms with Crippen LogP contribution in [-0.2, 0) is 4.79 Å². The molecule has 292 valence electrons. The third-order valence-corrected chi connectivity index (χ3v) is 10.4. The number of urea groups is 1. The second kappa shape index (κ2) is 17.6. The number of anilines is 2. The van der Waals surface area contributed by atoms with Crippen LogP contribution in [0.1, 0.15) is 59.9 Å². The summed E-state index contributed by atoms with van der Waals surface area (Å²) in [5.74, 6) is 0.149. The van der Waals surface area contributed by atoms with Crippen molar-refractivity contribution in [2.75, 3.05) is 42.9 Å². The second-order valence-electron chi connectivity index (χ2n) is 14.1. The quantitative estimate of drug-likeness (QED) is 0.0817. The number of rotatable bonds is 14. The van der Waals surface area contributed by atoms with Gasteiger partial charge in [-0.3, -0.25) is 9.59 Å². The molecule has 1 saturated carbocycles. The summed E-state index contributed by atoms with van der Waals surface area (Å²) >= 11 is 0. The molecular weight excluding hydrogens is 715 g/mol. The Morgan fingerprint density at radius 1 is 0.857 bits per heavy atom. The van der Waals surface area contributed by atoms with Gasteiger partial charge in [-0.1, -0.05) is 73.7 Å². The predicted molar refractivity (Wildman–Crippen MR) is 210 cm³/mol. The molecule has 0 bridgehead atoms. The van der Waals surface area contributed by atoms with E-state index in [9.17, 15) is 24.6 Å². The maximum absolute atomic E-state index is 13.6. The highest BCUT2D eigenvalue weighted by atomic mass is 16.3. The largest absolute Gasteiger partial charge is 0.388 e. The summed E-state index contributed by atoms with van der Waals surface area (Å²) in [7, 11) is 0. The maximum atomic E-state index is 13.6. The fourth-order valence-electron chi connectivity index (χ4n) is 7.41. The van der Waals surface area contributed by atoms with Crippen molar-refractivity contribution < 1.29 is 24.6 Å². The molecule has 7 N–H and O–H groups in total. The van der Waals surface area contributed by atoms with Crippen LogP contribution in [0.25, 0.3) is 11.2 Å². The van der Waals surface area contributed by atoms with Crippen LogP contribution in [0.4, 0.5) is 16.4 Å². The fraction of sp³-hybridized carbons (Fsp3) is 0.375. The number of pyridine rings is 1. The van der Waals surface area contributed by atoms with Crippen LogP contribution >= 0.6 is 0 Å². The van der Waals surface area contributed by atoms with Crippen LogP contribution in [-0.4, -0.2) is 110 Å². The Balaban J connectivity index is 1.07. The average Bonchev–Trinajstić information content (AvgIpc) is 3.95. The van der Waals surface area contributed by atoms with E-state index in [0.717, 1.165) is 29.9 Å². The molecular formula is C40H47N11O5. The molecule has 16 nitrogen and oxygen atoms in total. The first-order valence-electron chi connectivity index (χ1n) is 19.0. The molecule has 0 radical (unpaired) electrons. The molecule has 4 heterocycles. The van der Waals surface area contributed by atoms with E-state index in [1.807, 2.05) is 54.6 Å². The number of benzene rings is 2. The van der Waals surface area contributed by atoms with Crippen LogP contribution < -0.4 is 31.5 Å². The minimum Gasteiger partial charge on any atom is -0.388 e. The third-order valence-electron chi connectivity index (χ3n) is 10.4. The van der Waals surface area contributed by atoms with E-state index in [0.29, 0.717) is 24.4 Å². The molecule has 5 atom stereocenters. The standard InChI is InChI=1S/C40H47N11O5/c1-2-32(52)47-29-21-30(35(54)34(29)53)51-24-45-33-36(44-22-28(25-11-5-3-6-12-25)26-13-7-4-8-14-26)48-37(49-38(33)51)39(55)42-18-19-43-40(56)46-27-16-20-50(23-27)31-15-9-10-17-41-31/h3-15,17,24,27-30,34-35,53-54H,2,16,18-23H2,1H3,(H,42,55)(H,47,52)(H2,43,46,56)(H,44,48,49)/t27-,29+,30?,34-,35+/m1/s1. The molecule has 2 aromatic carbocycles. The maximum Gasteiger partial charge on any atom is 0.315 e. The van der Waals surface area contributed by atoms with Crippen LogP contribution in [0.2, 0.25) is 0 Å². The molecule has 0 spiro atoms. The first kappa shape index (κ1) is 38.2. The number of aromatic nitrogens is 5. The van der Waals surface area contributed by atoms with Gasteiger partial charge >= 0.3 is 6.03 Å². The Morgan fingerprint density at radius 3 is 2.27 bits per heavy atom. The van der Waals surface area contributed by atoms with Gasteiger partial charge in [-0.25, -0.2) is 24.7 Å². The number of aliphatic hydroxyl groups is 2. The monoisotopic (exact) mass is 761 g/mol. The molecule has 1 aliphatic heterocycles. The SMILES string of the molecule is CCC(=O)N[C@H]1CC(n2cnc3c(NCC(c4ccccc4)c4ccccc4)nc(C(=O)NCCNC(=O)N[C@@H]4CCN(c5ccccn5)C4)nc32)[C@H](O)[C@@H]1O. The van der Waals surface area contributed by atoms with Gasteiger partial charge in [0.2, 0.25) is 11.7 Å². The topological polar surface area (TPSA) is 212 Å². The van der Waals surface area contributed by atoms with E-state index < -0.39 is 30.2 Å². The first-order valence-corrected chi connectivity index (χ1v) is 19.0. The van der Waals surface area contributed by atoms with Crippen molar-refractivity contribution in [3.63, 3.8) is 0 Å². The lowest BCUT2D eigenvalue weighted by Gasteiger charge is -2.20. The number of nitrogens with one attached hydrogen (secondary N) is 5. The molecule has 3 aromatic heterocycles. The van der Waals surface area contributed by atoms with Crippen molar-refractivity contribution >= 4 is 40.6 Å². The highest BCUT2D eigenvalue weighted by Crippen LogP contribution is 2.34. The van der Waals surface area contributed by atoms with Crippen molar-refractivity contribution in [3.8, 4) is 0 Å². The van der Waals surface area contributed by atoms with Crippen molar-refractivity contribution in [2.45, 2.75) is 62.4 Å². The van der Waals surface area contributed by atoms with Gasteiger partial charge in [0.05, 0.1) is 18.4 Å². The van der Waals surface area contributed by atoms with E-state index in [1.54, 1.807) is 17.7 Å². The fourth-order valence-corrected chi connectivity index (χ4v) is 7.41. The molecule has 1 aliphatic carbocycles. The number of amides is 4. The van der Waals surface area contributed by atoms with Gasteiger partial charge in [-0.15, -0.1) is 0 Å². The van der Waals surface area contributed by atoms with Crippen molar-refractivity contribution in [3.05, 3.63) is 108 Å². The van der Waals surface area contributed by atoms with Gasteiger partial charge in [0.25, 0.3) is 5.91 Å². The number of hydrogen-bond acceptors (Lipinski definition) is 11. The third kappa shape index (κ3) is 8.71. The molecule has 5 aromatic rings. The highest BCUT2D eigenvalue weighted by molar-refractivity contribution is 5.94. The van der Waals surface area contributed by atoms with E-state index in [2.05, 4.69) is 75.7 Å². The van der Waals surface area contributed by atoms with E-state index in [4.69, 9.17) is 0 Å². The summed E-state index contributed by atoms with van der Waals surface area (Å²) in [6.07, 6.45) is 2.03. The summed E-state index contributed by atoms with van der Waals surface area (Å²) in [5.41, 5.74) is 2.81. The van der Waals surface area contributed by atoms with Gasteiger partial charge in [-0.2, -0.15) is 0 Å². The Bertz CT molecular complexity index is 2060. The van der Waals surface area contributed by atoms with Crippen molar-refractivity contribution in [1.82, 2.24) is 45.8 Å². The lowest BCUT2D eigenvalue weighted by molar-refractivity contribution is -0.122. The number of imidazole rings is 1.